The van der Waals surface area contributed by atoms with E-state index in [0.29, 0.717) is 13.2 Å². The molecule has 0 N–H and O–H groups in total. The van der Waals surface area contributed by atoms with Crippen molar-refractivity contribution in [1.82, 2.24) is 19.7 Å². The van der Waals surface area contributed by atoms with Crippen LogP contribution in [0.3, 0.4) is 0 Å². The zero-order valence-electron chi connectivity index (χ0n) is 12.6. The van der Waals surface area contributed by atoms with Crippen LogP contribution in [0.2, 0.25) is 0 Å². The van der Waals surface area contributed by atoms with Gasteiger partial charge in [-0.2, -0.15) is 5.10 Å². The lowest BCUT2D eigenvalue weighted by atomic mass is 10.4. The molecule has 2 rings (SSSR count). The van der Waals surface area contributed by atoms with E-state index in [2.05, 4.69) is 34.3 Å². The highest BCUT2D eigenvalue weighted by atomic mass is 32.1. The van der Waals surface area contributed by atoms with E-state index in [4.69, 9.17) is 4.74 Å². The molecule has 110 valence electrons. The lowest BCUT2D eigenvalue weighted by Crippen LogP contribution is -2.07. The molecule has 0 aliphatic rings. The number of nitrogens with zero attached hydrogens (tertiary/aromatic N) is 4. The van der Waals surface area contributed by atoms with Gasteiger partial charge in [0.1, 0.15) is 16.9 Å². The number of rotatable bonds is 7. The zero-order chi connectivity index (χ0) is 14.5. The van der Waals surface area contributed by atoms with E-state index in [1.165, 1.54) is 0 Å². The Morgan fingerprint density at radius 3 is 2.70 bits per heavy atom. The molecular formula is C14H22N4OS. The Labute approximate surface area is 124 Å². The van der Waals surface area contributed by atoms with Crippen molar-refractivity contribution >= 4 is 11.3 Å². The monoisotopic (exact) mass is 294 g/mol. The van der Waals surface area contributed by atoms with Crippen LogP contribution in [0.15, 0.2) is 5.38 Å². The van der Waals surface area contributed by atoms with Crippen LogP contribution in [0.5, 0.6) is 0 Å². The van der Waals surface area contributed by atoms with Crippen LogP contribution >= 0.6 is 11.3 Å². The number of hydrogen-bond acceptors (Lipinski definition) is 5. The number of ether oxygens (including phenoxy) is 1. The maximum Gasteiger partial charge on any atom is 0.150 e. The molecule has 20 heavy (non-hydrogen) atoms. The summed E-state index contributed by atoms with van der Waals surface area (Å²) in [5, 5.41) is 7.63. The second-order valence-corrected chi connectivity index (χ2v) is 5.47. The molecule has 0 saturated carbocycles. The molecule has 5 nitrogen and oxygen atoms in total. The molecule has 0 amide bonds. The summed E-state index contributed by atoms with van der Waals surface area (Å²) in [5.74, 6) is 1.93. The van der Waals surface area contributed by atoms with Gasteiger partial charge in [-0.1, -0.05) is 13.8 Å². The van der Waals surface area contributed by atoms with Gasteiger partial charge in [0, 0.05) is 24.8 Å². The van der Waals surface area contributed by atoms with Crippen molar-refractivity contribution in [2.75, 3.05) is 6.61 Å². The van der Waals surface area contributed by atoms with Gasteiger partial charge in [-0.15, -0.1) is 11.3 Å². The summed E-state index contributed by atoms with van der Waals surface area (Å²) in [6, 6.07) is 0. The second-order valence-electron chi connectivity index (χ2n) is 4.58. The van der Waals surface area contributed by atoms with E-state index < -0.39 is 0 Å². The van der Waals surface area contributed by atoms with Crippen molar-refractivity contribution in [3.8, 4) is 0 Å². The summed E-state index contributed by atoms with van der Waals surface area (Å²) in [6.07, 6.45) is 1.81. The molecule has 0 bridgehead atoms. The smallest absolute Gasteiger partial charge is 0.150 e. The van der Waals surface area contributed by atoms with Crippen molar-refractivity contribution in [2.45, 2.75) is 53.2 Å². The minimum absolute atomic E-state index is 0.0614. The molecule has 0 aromatic carbocycles. The molecule has 0 aliphatic heterocycles. The number of thiazole rings is 1. The third kappa shape index (κ3) is 3.43. The number of hydrogen-bond donors (Lipinski definition) is 0. The Morgan fingerprint density at radius 2 is 2.05 bits per heavy atom. The number of aromatic nitrogens is 4. The van der Waals surface area contributed by atoms with E-state index in [-0.39, 0.29) is 6.10 Å². The maximum atomic E-state index is 5.57. The fraction of sp³-hybridized carbons (Fsp3) is 0.643. The molecule has 1 atom stereocenters. The first-order valence-corrected chi connectivity index (χ1v) is 8.04. The summed E-state index contributed by atoms with van der Waals surface area (Å²) in [7, 11) is 0. The van der Waals surface area contributed by atoms with Gasteiger partial charge in [0.25, 0.3) is 0 Å². The first-order valence-electron chi connectivity index (χ1n) is 7.16. The molecule has 0 spiro atoms. The Hall–Kier alpha value is -1.27. The molecule has 2 aromatic heterocycles. The summed E-state index contributed by atoms with van der Waals surface area (Å²) in [4.78, 5) is 9.16. The van der Waals surface area contributed by atoms with Crippen LogP contribution in [0.4, 0.5) is 0 Å². The first-order chi connectivity index (χ1) is 9.67. The van der Waals surface area contributed by atoms with E-state index in [0.717, 1.165) is 35.2 Å². The molecule has 0 unspecified atom stereocenters. The van der Waals surface area contributed by atoms with Gasteiger partial charge in [0.15, 0.2) is 5.82 Å². The van der Waals surface area contributed by atoms with Crippen LogP contribution in [-0.2, 0) is 24.1 Å². The third-order valence-corrected chi connectivity index (χ3v) is 4.13. The highest BCUT2D eigenvalue weighted by Crippen LogP contribution is 2.21. The van der Waals surface area contributed by atoms with Crippen molar-refractivity contribution in [2.24, 2.45) is 0 Å². The summed E-state index contributed by atoms with van der Waals surface area (Å²) in [5.41, 5.74) is 1.03. The highest BCUT2D eigenvalue weighted by Gasteiger charge is 2.13. The Balaban J connectivity index is 2.12. The van der Waals surface area contributed by atoms with Gasteiger partial charge in [-0.3, -0.25) is 0 Å². The van der Waals surface area contributed by atoms with Crippen molar-refractivity contribution in [3.63, 3.8) is 0 Å². The average Bonchev–Trinajstić information content (AvgIpc) is 3.06. The van der Waals surface area contributed by atoms with Gasteiger partial charge in [0.2, 0.25) is 0 Å². The number of aryl methyl sites for hydroxylation is 2. The van der Waals surface area contributed by atoms with Gasteiger partial charge in [-0.05, 0) is 13.8 Å². The largest absolute Gasteiger partial charge is 0.372 e. The van der Waals surface area contributed by atoms with E-state index in [1.807, 2.05) is 18.5 Å². The molecule has 2 aromatic rings. The molecule has 0 aliphatic carbocycles. The predicted octanol–water partition coefficient (Wildman–Crippen LogP) is 3.01. The van der Waals surface area contributed by atoms with Crippen molar-refractivity contribution in [1.29, 1.82) is 0 Å². The van der Waals surface area contributed by atoms with Gasteiger partial charge in [0.05, 0.1) is 12.2 Å². The van der Waals surface area contributed by atoms with Crippen LogP contribution < -0.4 is 0 Å². The van der Waals surface area contributed by atoms with Gasteiger partial charge < -0.3 is 4.74 Å². The molecule has 0 radical (unpaired) electrons. The zero-order valence-corrected chi connectivity index (χ0v) is 13.4. The quantitative estimate of drug-likeness (QED) is 0.787. The SMILES string of the molecule is CCO[C@@H](C)c1nc(Cn2nc(CC)nc2CC)cs1. The Morgan fingerprint density at radius 1 is 1.25 bits per heavy atom. The van der Waals surface area contributed by atoms with E-state index in [1.54, 1.807) is 11.3 Å². The van der Waals surface area contributed by atoms with Crippen molar-refractivity contribution in [3.05, 3.63) is 27.7 Å². The normalized spacial score (nSPS) is 12.8. The van der Waals surface area contributed by atoms with Crippen LogP contribution in [0.25, 0.3) is 0 Å². The minimum atomic E-state index is 0.0614. The fourth-order valence-corrected chi connectivity index (χ4v) is 2.83. The third-order valence-electron chi connectivity index (χ3n) is 3.07. The van der Waals surface area contributed by atoms with Gasteiger partial charge >= 0.3 is 0 Å². The van der Waals surface area contributed by atoms with Crippen LogP contribution in [-0.4, -0.2) is 26.4 Å². The topological polar surface area (TPSA) is 52.8 Å². The molecule has 0 fully saturated rings. The van der Waals surface area contributed by atoms with E-state index in [9.17, 15) is 0 Å². The minimum Gasteiger partial charge on any atom is -0.372 e. The molecular weight excluding hydrogens is 272 g/mol. The maximum absolute atomic E-state index is 5.57. The lowest BCUT2D eigenvalue weighted by molar-refractivity contribution is 0.0761. The fourth-order valence-electron chi connectivity index (χ4n) is 2.02. The van der Waals surface area contributed by atoms with Gasteiger partial charge in [-0.25, -0.2) is 14.6 Å². The van der Waals surface area contributed by atoms with Crippen LogP contribution in [0, 0.1) is 0 Å². The average molecular weight is 294 g/mol. The molecule has 6 heteroatoms. The van der Waals surface area contributed by atoms with E-state index >= 15 is 0 Å². The Bertz CT molecular complexity index is 549. The van der Waals surface area contributed by atoms with Crippen LogP contribution in [0.1, 0.15) is 56.1 Å². The second kappa shape index (κ2) is 6.95. The summed E-state index contributed by atoms with van der Waals surface area (Å²) < 4.78 is 7.53. The lowest BCUT2D eigenvalue weighted by Gasteiger charge is -2.07. The Kier molecular flexibility index (Phi) is 5.25. The summed E-state index contributed by atoms with van der Waals surface area (Å²) >= 11 is 1.65. The summed E-state index contributed by atoms with van der Waals surface area (Å²) in [6.45, 7) is 9.60. The predicted molar refractivity (Wildman–Crippen MR) is 80.0 cm³/mol. The standard InChI is InChI=1S/C14H22N4OS/c1-5-12-16-13(6-2)18(17-12)8-11-9-20-14(15-11)10(4)19-7-3/h9-10H,5-8H2,1-4H3/t10-/m0/s1. The molecule has 2 heterocycles. The first kappa shape index (κ1) is 15.1. The highest BCUT2D eigenvalue weighted by molar-refractivity contribution is 7.09. The van der Waals surface area contributed by atoms with Crippen molar-refractivity contribution < 1.29 is 4.74 Å². The molecule has 0 saturated heterocycles.